The Kier molecular flexibility index (Phi) is 5.43. The summed E-state index contributed by atoms with van der Waals surface area (Å²) in [7, 11) is 0. The fourth-order valence-electron chi connectivity index (χ4n) is 3.44. The van der Waals surface area contributed by atoms with Crippen LogP contribution in [-0.2, 0) is 12.8 Å². The van der Waals surface area contributed by atoms with Crippen molar-refractivity contribution in [2.45, 2.75) is 25.1 Å². The number of benzene rings is 1. The minimum absolute atomic E-state index is 0.0609. The van der Waals surface area contributed by atoms with E-state index >= 15 is 0 Å². The third-order valence-electron chi connectivity index (χ3n) is 5.01. The number of likely N-dealkylation sites (tertiary alicyclic amines) is 1. The zero-order chi connectivity index (χ0) is 21.1. The number of nitrogens with zero attached hydrogens (tertiary/aromatic N) is 3. The van der Waals surface area contributed by atoms with Crippen molar-refractivity contribution in [3.63, 3.8) is 0 Å². The molecule has 2 aromatic heterocycles. The number of pyridine rings is 1. The number of aromatic amines is 1. The fraction of sp³-hybridized carbons (Fsp3) is 0.286. The van der Waals surface area contributed by atoms with Crippen LogP contribution in [0.3, 0.4) is 0 Å². The highest BCUT2D eigenvalue weighted by Gasteiger charge is 2.31. The second-order valence-corrected chi connectivity index (χ2v) is 7.11. The van der Waals surface area contributed by atoms with E-state index < -0.39 is 11.7 Å². The Morgan fingerprint density at radius 1 is 1.23 bits per heavy atom. The summed E-state index contributed by atoms with van der Waals surface area (Å²) in [5.41, 5.74) is 1.25. The minimum atomic E-state index is -4.41. The lowest BCUT2D eigenvalue weighted by Crippen LogP contribution is -2.28. The highest BCUT2D eigenvalue weighted by atomic mass is 19.4. The highest BCUT2D eigenvalue weighted by molar-refractivity contribution is 5.94. The SMILES string of the molecule is O=C(c1cccnc1)N1CCC(c2cc(COc3cccc(C(F)(F)F)c3)[nH]n2)C1. The van der Waals surface area contributed by atoms with Gasteiger partial charge in [0.25, 0.3) is 5.91 Å². The highest BCUT2D eigenvalue weighted by Crippen LogP contribution is 2.32. The maximum absolute atomic E-state index is 12.8. The van der Waals surface area contributed by atoms with Crippen LogP contribution in [0.15, 0.2) is 54.9 Å². The molecule has 0 spiro atoms. The predicted molar refractivity (Wildman–Crippen MR) is 102 cm³/mol. The van der Waals surface area contributed by atoms with Gasteiger partial charge in [0.2, 0.25) is 0 Å². The summed E-state index contributed by atoms with van der Waals surface area (Å²) in [5, 5.41) is 7.16. The first-order chi connectivity index (χ1) is 14.4. The summed E-state index contributed by atoms with van der Waals surface area (Å²) in [5.74, 6) is 0.161. The summed E-state index contributed by atoms with van der Waals surface area (Å²) < 4.78 is 43.9. The molecule has 1 atom stereocenters. The van der Waals surface area contributed by atoms with Gasteiger partial charge >= 0.3 is 6.18 Å². The van der Waals surface area contributed by atoms with E-state index in [4.69, 9.17) is 4.74 Å². The van der Waals surface area contributed by atoms with Crippen molar-refractivity contribution >= 4 is 5.91 Å². The first-order valence-corrected chi connectivity index (χ1v) is 9.44. The van der Waals surface area contributed by atoms with E-state index in [0.29, 0.717) is 24.3 Å². The Balaban J connectivity index is 1.35. The van der Waals surface area contributed by atoms with Crippen molar-refractivity contribution in [1.82, 2.24) is 20.1 Å². The van der Waals surface area contributed by atoms with Gasteiger partial charge in [-0.1, -0.05) is 6.07 Å². The maximum Gasteiger partial charge on any atom is 0.416 e. The van der Waals surface area contributed by atoms with E-state index in [-0.39, 0.29) is 24.2 Å². The number of nitrogens with one attached hydrogen (secondary N) is 1. The summed E-state index contributed by atoms with van der Waals surface area (Å²) >= 11 is 0. The molecule has 0 bridgehead atoms. The zero-order valence-corrected chi connectivity index (χ0v) is 15.9. The molecular formula is C21H19F3N4O2. The Bertz CT molecular complexity index is 1020. The Morgan fingerprint density at radius 3 is 2.87 bits per heavy atom. The molecule has 1 aliphatic heterocycles. The lowest BCUT2D eigenvalue weighted by molar-refractivity contribution is -0.137. The topological polar surface area (TPSA) is 71.1 Å². The Morgan fingerprint density at radius 2 is 2.10 bits per heavy atom. The Hall–Kier alpha value is -3.36. The largest absolute Gasteiger partial charge is 0.487 e. The molecule has 0 saturated carbocycles. The van der Waals surface area contributed by atoms with Gasteiger partial charge in [0.15, 0.2) is 0 Å². The second kappa shape index (κ2) is 8.17. The van der Waals surface area contributed by atoms with Crippen LogP contribution in [0.1, 0.15) is 39.6 Å². The molecule has 1 aliphatic rings. The Labute approximate surface area is 170 Å². The number of amides is 1. The van der Waals surface area contributed by atoms with Crippen LogP contribution in [0, 0.1) is 0 Å². The average molecular weight is 416 g/mol. The summed E-state index contributed by atoms with van der Waals surface area (Å²) in [4.78, 5) is 18.3. The van der Waals surface area contributed by atoms with Gasteiger partial charge in [-0.3, -0.25) is 14.9 Å². The van der Waals surface area contributed by atoms with E-state index in [2.05, 4.69) is 15.2 Å². The second-order valence-electron chi connectivity index (χ2n) is 7.11. The number of halogens is 3. The predicted octanol–water partition coefficient (Wildman–Crippen LogP) is 4.03. The number of carbonyl (C=O) groups excluding carboxylic acids is 1. The van der Waals surface area contributed by atoms with Gasteiger partial charge in [-0.2, -0.15) is 18.3 Å². The number of ether oxygens (including phenoxy) is 1. The number of carbonyl (C=O) groups is 1. The molecule has 156 valence electrons. The van der Waals surface area contributed by atoms with Gasteiger partial charge in [0.05, 0.1) is 22.5 Å². The number of alkyl halides is 3. The van der Waals surface area contributed by atoms with Crippen molar-refractivity contribution < 1.29 is 22.7 Å². The summed E-state index contributed by atoms with van der Waals surface area (Å²) in [6.07, 6.45) is -0.462. The van der Waals surface area contributed by atoms with Crippen molar-refractivity contribution in [1.29, 1.82) is 0 Å². The normalized spacial score (nSPS) is 16.6. The quantitative estimate of drug-likeness (QED) is 0.682. The van der Waals surface area contributed by atoms with Gasteiger partial charge in [-0.15, -0.1) is 0 Å². The molecule has 9 heteroatoms. The van der Waals surface area contributed by atoms with Gasteiger partial charge < -0.3 is 9.64 Å². The first kappa shape index (κ1) is 19.9. The number of rotatable bonds is 5. The van der Waals surface area contributed by atoms with Crippen LogP contribution in [0.5, 0.6) is 5.75 Å². The number of hydrogen-bond acceptors (Lipinski definition) is 4. The van der Waals surface area contributed by atoms with Crippen LogP contribution >= 0.6 is 0 Å². The van der Waals surface area contributed by atoms with Crippen LogP contribution in [0.4, 0.5) is 13.2 Å². The molecule has 3 aromatic rings. The molecule has 1 amide bonds. The smallest absolute Gasteiger partial charge is 0.416 e. The van der Waals surface area contributed by atoms with Crippen LogP contribution in [0.25, 0.3) is 0 Å². The standard InChI is InChI=1S/C21H19F3N4O2/c22-21(23,24)16-4-1-5-18(9-16)30-13-17-10-19(27-26-17)15-6-8-28(12-15)20(29)14-3-2-7-25-11-14/h1-5,7,9-11,15H,6,8,12-13H2,(H,26,27). The number of H-pyrrole nitrogens is 1. The molecule has 0 aliphatic carbocycles. The van der Waals surface area contributed by atoms with Crippen LogP contribution in [0.2, 0.25) is 0 Å². The molecule has 4 rings (SSSR count). The fourth-order valence-corrected chi connectivity index (χ4v) is 3.44. The lowest BCUT2D eigenvalue weighted by Gasteiger charge is -2.15. The third kappa shape index (κ3) is 4.45. The van der Waals surface area contributed by atoms with E-state index in [1.54, 1.807) is 29.4 Å². The first-order valence-electron chi connectivity index (χ1n) is 9.44. The molecule has 3 heterocycles. The van der Waals surface area contributed by atoms with E-state index in [1.807, 2.05) is 6.07 Å². The molecule has 1 N–H and O–H groups in total. The molecule has 1 unspecified atom stereocenters. The van der Waals surface area contributed by atoms with Crippen molar-refractivity contribution in [3.05, 3.63) is 77.4 Å². The van der Waals surface area contributed by atoms with Crippen molar-refractivity contribution in [2.24, 2.45) is 0 Å². The van der Waals surface area contributed by atoms with Crippen LogP contribution in [-0.4, -0.2) is 39.1 Å². The molecule has 0 radical (unpaired) electrons. The van der Waals surface area contributed by atoms with Gasteiger partial charge in [-0.05, 0) is 42.8 Å². The van der Waals surface area contributed by atoms with Gasteiger partial charge in [0.1, 0.15) is 12.4 Å². The number of hydrogen-bond donors (Lipinski definition) is 1. The van der Waals surface area contributed by atoms with Crippen LogP contribution < -0.4 is 4.74 Å². The lowest BCUT2D eigenvalue weighted by atomic mass is 10.1. The average Bonchev–Trinajstić information content (AvgIpc) is 3.41. The maximum atomic E-state index is 12.8. The number of aromatic nitrogens is 3. The molecular weight excluding hydrogens is 397 g/mol. The summed E-state index contributed by atoms with van der Waals surface area (Å²) in [6.45, 7) is 1.24. The zero-order valence-electron chi connectivity index (χ0n) is 15.9. The third-order valence-corrected chi connectivity index (χ3v) is 5.01. The van der Waals surface area contributed by atoms with Gasteiger partial charge in [0, 0.05) is 31.4 Å². The summed E-state index contributed by atoms with van der Waals surface area (Å²) in [6, 6.07) is 10.0. The van der Waals surface area contributed by atoms with Crippen molar-refractivity contribution in [2.75, 3.05) is 13.1 Å². The molecule has 1 saturated heterocycles. The van der Waals surface area contributed by atoms with Crippen molar-refractivity contribution in [3.8, 4) is 5.75 Å². The minimum Gasteiger partial charge on any atom is -0.487 e. The van der Waals surface area contributed by atoms with E-state index in [1.165, 1.54) is 12.1 Å². The molecule has 1 fully saturated rings. The molecule has 6 nitrogen and oxygen atoms in total. The molecule has 1 aromatic carbocycles. The van der Waals surface area contributed by atoms with E-state index in [0.717, 1.165) is 24.2 Å². The van der Waals surface area contributed by atoms with E-state index in [9.17, 15) is 18.0 Å². The molecule has 30 heavy (non-hydrogen) atoms. The van der Waals surface area contributed by atoms with Gasteiger partial charge in [-0.25, -0.2) is 0 Å². The monoisotopic (exact) mass is 416 g/mol.